The van der Waals surface area contributed by atoms with Crippen LogP contribution in [0, 0.1) is 10.8 Å². The molecule has 9 nitrogen and oxygen atoms in total. The fourth-order valence-corrected chi connectivity index (χ4v) is 4.69. The van der Waals surface area contributed by atoms with Crippen LogP contribution >= 0.6 is 11.6 Å². The van der Waals surface area contributed by atoms with Gasteiger partial charge in [-0.3, -0.25) is 15.6 Å². The highest BCUT2D eigenvalue weighted by molar-refractivity contribution is 6.32. The lowest BCUT2D eigenvalue weighted by Crippen LogP contribution is -2.40. The average Bonchev–Trinajstić information content (AvgIpc) is 2.96. The number of benzene rings is 3. The van der Waals surface area contributed by atoms with Crippen LogP contribution in [0.25, 0.3) is 0 Å². The van der Waals surface area contributed by atoms with Crippen molar-refractivity contribution in [2.75, 3.05) is 13.2 Å². The first kappa shape index (κ1) is 29.9. The number of nitrogens with one attached hydrogen (secondary N) is 3. The van der Waals surface area contributed by atoms with Crippen molar-refractivity contribution in [3.63, 3.8) is 0 Å². The van der Waals surface area contributed by atoms with Crippen LogP contribution in [0.15, 0.2) is 60.7 Å². The van der Waals surface area contributed by atoms with Gasteiger partial charge >= 0.3 is 0 Å². The monoisotopic (exact) mass is 578 g/mol. The van der Waals surface area contributed by atoms with E-state index in [2.05, 4.69) is 5.32 Å². The third-order valence-electron chi connectivity index (χ3n) is 6.60. The van der Waals surface area contributed by atoms with Crippen LogP contribution in [0.3, 0.4) is 0 Å². The Bertz CT molecular complexity index is 1390. The Labute approximate surface area is 244 Å². The number of carbonyl (C=O) groups excluding carboxylic acids is 1. The van der Waals surface area contributed by atoms with E-state index in [0.29, 0.717) is 52.9 Å². The molecule has 1 amide bonds. The molecule has 216 valence electrons. The summed E-state index contributed by atoms with van der Waals surface area (Å²) in [7, 11) is 0. The van der Waals surface area contributed by atoms with Crippen molar-refractivity contribution >= 4 is 29.3 Å². The van der Waals surface area contributed by atoms with E-state index < -0.39 is 0 Å². The number of ether oxygens (including phenoxy) is 4. The molecular formula is C31H35ClN4O5. The molecule has 10 heteroatoms. The number of rotatable bonds is 10. The maximum Gasteiger partial charge on any atom is 0.251 e. The number of amides is 1. The zero-order valence-electron chi connectivity index (χ0n) is 23.2. The molecule has 0 radical (unpaired) electrons. The molecule has 3 aromatic carbocycles. The molecule has 1 aliphatic rings. The molecule has 1 aliphatic carbocycles. The quantitative estimate of drug-likeness (QED) is 0.157. The standard InChI is InChI=1S/C31H35ClN4O5/c1-3-38-29(34)19-5-12-24(13-6-19)40-25-15-21(31(37)36-23-10-8-22(33)9-11-23)16-26(18-25)41-28-14-7-20(17-27(28)32)30(35)39-4-2/h5-7,12-18,22-23,34-35H,3-4,8-11,33H2,1-2H3,(H,36,37). The Hall–Kier alpha value is -4.08. The molecular weight excluding hydrogens is 544 g/mol. The number of nitrogens with two attached hydrogens (primary N) is 1. The van der Waals surface area contributed by atoms with Gasteiger partial charge in [0.2, 0.25) is 11.8 Å². The molecule has 3 aromatic rings. The first-order valence-electron chi connectivity index (χ1n) is 13.7. The van der Waals surface area contributed by atoms with E-state index in [4.69, 9.17) is 47.1 Å². The van der Waals surface area contributed by atoms with E-state index >= 15 is 0 Å². The van der Waals surface area contributed by atoms with Gasteiger partial charge in [0, 0.05) is 34.8 Å². The van der Waals surface area contributed by atoms with Gasteiger partial charge < -0.3 is 30.0 Å². The van der Waals surface area contributed by atoms with E-state index in [9.17, 15) is 4.79 Å². The van der Waals surface area contributed by atoms with Gasteiger partial charge in [0.15, 0.2) is 0 Å². The molecule has 0 aliphatic heterocycles. The Morgan fingerprint density at radius 1 is 0.805 bits per heavy atom. The Kier molecular flexibility index (Phi) is 10.2. The van der Waals surface area contributed by atoms with Gasteiger partial charge in [0.05, 0.1) is 18.2 Å². The van der Waals surface area contributed by atoms with E-state index in [1.165, 1.54) is 0 Å². The van der Waals surface area contributed by atoms with Crippen LogP contribution in [-0.4, -0.2) is 43.0 Å². The maximum atomic E-state index is 13.3. The van der Waals surface area contributed by atoms with Crippen LogP contribution in [0.5, 0.6) is 23.0 Å². The van der Waals surface area contributed by atoms with E-state index in [1.54, 1.807) is 67.6 Å². The lowest BCUT2D eigenvalue weighted by molar-refractivity contribution is 0.0925. The number of hydrogen-bond acceptors (Lipinski definition) is 8. The predicted octanol–water partition coefficient (Wildman–Crippen LogP) is 6.65. The summed E-state index contributed by atoms with van der Waals surface area (Å²) in [5.41, 5.74) is 7.54. The Balaban J connectivity index is 1.59. The second-order valence-electron chi connectivity index (χ2n) is 9.68. The average molecular weight is 579 g/mol. The summed E-state index contributed by atoms with van der Waals surface area (Å²) in [6, 6.07) is 17.0. The minimum Gasteiger partial charge on any atom is -0.478 e. The van der Waals surface area contributed by atoms with Gasteiger partial charge in [-0.1, -0.05) is 11.6 Å². The van der Waals surface area contributed by atoms with Gasteiger partial charge in [0.1, 0.15) is 23.0 Å². The molecule has 0 bridgehead atoms. The summed E-state index contributed by atoms with van der Waals surface area (Å²) < 4.78 is 22.7. The Morgan fingerprint density at radius 3 is 2.00 bits per heavy atom. The first-order valence-corrected chi connectivity index (χ1v) is 14.0. The van der Waals surface area contributed by atoms with Gasteiger partial charge in [0.25, 0.3) is 5.91 Å². The van der Waals surface area contributed by atoms with Crippen molar-refractivity contribution in [3.05, 3.63) is 82.4 Å². The summed E-state index contributed by atoms with van der Waals surface area (Å²) in [5.74, 6) is 1.45. The first-order chi connectivity index (χ1) is 19.7. The topological polar surface area (TPSA) is 140 Å². The molecule has 0 heterocycles. The third kappa shape index (κ3) is 8.22. The van der Waals surface area contributed by atoms with Crippen molar-refractivity contribution < 1.29 is 23.7 Å². The van der Waals surface area contributed by atoms with Gasteiger partial charge in [-0.25, -0.2) is 0 Å². The summed E-state index contributed by atoms with van der Waals surface area (Å²) in [4.78, 5) is 13.3. The largest absolute Gasteiger partial charge is 0.478 e. The highest BCUT2D eigenvalue weighted by Crippen LogP contribution is 2.34. The van der Waals surface area contributed by atoms with Crippen LogP contribution in [0.1, 0.15) is 61.0 Å². The van der Waals surface area contributed by atoms with E-state index in [-0.39, 0.29) is 34.8 Å². The Morgan fingerprint density at radius 2 is 1.39 bits per heavy atom. The van der Waals surface area contributed by atoms with E-state index in [1.807, 2.05) is 6.92 Å². The normalized spacial score (nSPS) is 16.4. The number of hydrogen-bond donors (Lipinski definition) is 4. The number of halogens is 1. The van der Waals surface area contributed by atoms with Crippen molar-refractivity contribution in [2.24, 2.45) is 5.73 Å². The zero-order chi connectivity index (χ0) is 29.4. The molecule has 0 saturated heterocycles. The molecule has 0 atom stereocenters. The van der Waals surface area contributed by atoms with Crippen molar-refractivity contribution in [1.29, 1.82) is 10.8 Å². The van der Waals surface area contributed by atoms with Crippen LogP contribution in [0.4, 0.5) is 0 Å². The second-order valence-corrected chi connectivity index (χ2v) is 10.1. The van der Waals surface area contributed by atoms with Gasteiger partial charge in [-0.05, 0) is 94.1 Å². The molecule has 0 spiro atoms. The maximum absolute atomic E-state index is 13.3. The van der Waals surface area contributed by atoms with Crippen molar-refractivity contribution in [3.8, 4) is 23.0 Å². The summed E-state index contributed by atoms with van der Waals surface area (Å²) >= 11 is 6.47. The molecule has 4 rings (SSSR count). The lowest BCUT2D eigenvalue weighted by Gasteiger charge is -2.26. The third-order valence-corrected chi connectivity index (χ3v) is 6.90. The molecule has 0 aromatic heterocycles. The van der Waals surface area contributed by atoms with Gasteiger partial charge in [-0.15, -0.1) is 0 Å². The van der Waals surface area contributed by atoms with Crippen molar-refractivity contribution in [1.82, 2.24) is 5.32 Å². The summed E-state index contributed by atoms with van der Waals surface area (Å²) in [6.45, 7) is 4.41. The summed E-state index contributed by atoms with van der Waals surface area (Å²) in [6.07, 6.45) is 3.39. The van der Waals surface area contributed by atoms with Crippen LogP contribution in [-0.2, 0) is 9.47 Å². The zero-order valence-corrected chi connectivity index (χ0v) is 23.9. The smallest absolute Gasteiger partial charge is 0.251 e. The van der Waals surface area contributed by atoms with Gasteiger partial charge in [-0.2, -0.15) is 0 Å². The molecule has 41 heavy (non-hydrogen) atoms. The highest BCUT2D eigenvalue weighted by atomic mass is 35.5. The molecule has 1 fully saturated rings. The highest BCUT2D eigenvalue weighted by Gasteiger charge is 2.22. The fourth-order valence-electron chi connectivity index (χ4n) is 4.47. The summed E-state index contributed by atoms with van der Waals surface area (Å²) in [5, 5.41) is 19.4. The molecule has 5 N–H and O–H groups in total. The van der Waals surface area contributed by atoms with Crippen LogP contribution < -0.4 is 20.5 Å². The lowest BCUT2D eigenvalue weighted by atomic mass is 9.91. The number of carbonyl (C=O) groups is 1. The molecule has 0 unspecified atom stereocenters. The second kappa shape index (κ2) is 14.0. The minimum absolute atomic E-state index is 0.0152. The minimum atomic E-state index is -0.243. The SMILES string of the molecule is CCOC(=N)c1ccc(Oc2cc(Oc3ccc(C(=N)OCC)cc3Cl)cc(C(=O)NC3CCC(N)CC3)c2)cc1. The molecule has 1 saturated carbocycles. The van der Waals surface area contributed by atoms with Crippen LogP contribution in [0.2, 0.25) is 5.02 Å². The predicted molar refractivity (Wildman–Crippen MR) is 159 cm³/mol. The van der Waals surface area contributed by atoms with Crippen molar-refractivity contribution in [2.45, 2.75) is 51.6 Å². The van der Waals surface area contributed by atoms with E-state index in [0.717, 1.165) is 25.7 Å². The fraction of sp³-hybridized carbons (Fsp3) is 0.323.